The molecule has 2 heterocycles. The first kappa shape index (κ1) is 15.6. The van der Waals surface area contributed by atoms with Crippen molar-refractivity contribution in [3.63, 3.8) is 0 Å². The molecule has 1 amide bonds. The number of hydrazone groups is 1. The minimum Gasteiger partial charge on any atom is -0.358 e. The van der Waals surface area contributed by atoms with Gasteiger partial charge in [-0.1, -0.05) is 16.7 Å². The number of hydrogen-bond acceptors (Lipinski definition) is 6. The third kappa shape index (κ3) is 2.93. The number of nitrogens with one attached hydrogen (secondary N) is 2. The molecule has 0 spiro atoms. The molecule has 0 aromatic carbocycles. The van der Waals surface area contributed by atoms with E-state index in [1.807, 2.05) is 10.5 Å². The second-order valence-electron chi connectivity index (χ2n) is 3.90. The van der Waals surface area contributed by atoms with Gasteiger partial charge in [-0.05, 0) is 11.8 Å². The smallest absolute Gasteiger partial charge is 0.358 e. The zero-order chi connectivity index (χ0) is 16.3. The van der Waals surface area contributed by atoms with Gasteiger partial charge in [0.1, 0.15) is 0 Å². The molecule has 0 aliphatic carbocycles. The maximum atomic E-state index is 13.6. The normalized spacial score (nSPS) is 11.0. The van der Waals surface area contributed by atoms with E-state index in [1.54, 1.807) is 6.92 Å². The highest BCUT2D eigenvalue weighted by Crippen LogP contribution is 2.24. The van der Waals surface area contributed by atoms with Gasteiger partial charge in [-0.15, -0.1) is 5.10 Å². The molecule has 2 N–H and O–H groups in total. The fourth-order valence-corrected chi connectivity index (χ4v) is 1.74. The predicted octanol–water partition coefficient (Wildman–Crippen LogP) is 1.09. The van der Waals surface area contributed by atoms with Crippen molar-refractivity contribution in [1.29, 1.82) is 0 Å². The third-order valence-electron chi connectivity index (χ3n) is 2.56. The summed E-state index contributed by atoms with van der Waals surface area (Å²) in [6.45, 7) is 2.06. The molecule has 0 saturated heterocycles. The van der Waals surface area contributed by atoms with Gasteiger partial charge in [-0.3, -0.25) is 4.79 Å². The fraction of sp³-hybridized carbons (Fsp3) is 0.200. The maximum Gasteiger partial charge on any atom is 0.362 e. The Morgan fingerprint density at radius 2 is 2.45 bits per heavy atom. The van der Waals surface area contributed by atoms with E-state index in [4.69, 9.17) is 11.6 Å². The van der Waals surface area contributed by atoms with Crippen LogP contribution < -0.4 is 5.43 Å². The first-order valence-corrected chi connectivity index (χ1v) is 6.26. The fourth-order valence-electron chi connectivity index (χ4n) is 1.50. The van der Waals surface area contributed by atoms with Gasteiger partial charge < -0.3 is 10.1 Å². The van der Waals surface area contributed by atoms with Gasteiger partial charge in [0.2, 0.25) is 5.95 Å². The topological polar surface area (TPSA) is 131 Å². The van der Waals surface area contributed by atoms with E-state index in [0.29, 0.717) is 6.54 Å². The summed E-state index contributed by atoms with van der Waals surface area (Å²) in [6.07, 6.45) is 2.28. The highest BCUT2D eigenvalue weighted by molar-refractivity contribution is 6.35. The number of aromatic amines is 1. The van der Waals surface area contributed by atoms with Gasteiger partial charge in [0.15, 0.2) is 10.7 Å². The first-order chi connectivity index (χ1) is 10.5. The van der Waals surface area contributed by atoms with Crippen LogP contribution in [-0.2, 0) is 6.54 Å². The number of rotatable bonds is 5. The zero-order valence-electron chi connectivity index (χ0n) is 11.1. The van der Waals surface area contributed by atoms with Crippen molar-refractivity contribution in [1.82, 2.24) is 25.4 Å². The molecular formula is C10H9ClFN7O3. The van der Waals surface area contributed by atoms with Crippen LogP contribution in [0.5, 0.6) is 0 Å². The van der Waals surface area contributed by atoms with Crippen molar-refractivity contribution >= 4 is 29.5 Å². The molecule has 0 bridgehead atoms. The summed E-state index contributed by atoms with van der Waals surface area (Å²) in [5, 5.41) is 22.8. The average molecular weight is 330 g/mol. The Labute approximate surface area is 127 Å². The van der Waals surface area contributed by atoms with Crippen LogP contribution in [0.15, 0.2) is 11.3 Å². The molecule has 12 heteroatoms. The highest BCUT2D eigenvalue weighted by Gasteiger charge is 2.24. The Morgan fingerprint density at radius 1 is 1.73 bits per heavy atom. The summed E-state index contributed by atoms with van der Waals surface area (Å²) in [4.78, 5) is 21.5. The second-order valence-corrected chi connectivity index (χ2v) is 4.28. The largest absolute Gasteiger partial charge is 0.362 e. The number of nitro groups is 1. The third-order valence-corrected chi connectivity index (χ3v) is 2.92. The van der Waals surface area contributed by atoms with Crippen LogP contribution in [0.25, 0.3) is 0 Å². The number of nitrogens with zero attached hydrogens (tertiary/aromatic N) is 5. The monoisotopic (exact) mass is 329 g/mol. The van der Waals surface area contributed by atoms with Crippen molar-refractivity contribution in [3.05, 3.63) is 38.5 Å². The lowest BCUT2D eigenvalue weighted by atomic mass is 10.4. The summed E-state index contributed by atoms with van der Waals surface area (Å²) in [7, 11) is 0. The van der Waals surface area contributed by atoms with Crippen molar-refractivity contribution in [3.8, 4) is 0 Å². The van der Waals surface area contributed by atoms with E-state index >= 15 is 0 Å². The van der Waals surface area contributed by atoms with Crippen molar-refractivity contribution in [2.24, 2.45) is 5.10 Å². The van der Waals surface area contributed by atoms with Crippen LogP contribution in [-0.4, -0.2) is 37.0 Å². The molecule has 2 aromatic rings. The molecule has 0 radical (unpaired) electrons. The number of hydrogen-bond donors (Lipinski definition) is 2. The Bertz CT molecular complexity index is 754. The number of amides is 1. The molecule has 116 valence electrons. The van der Waals surface area contributed by atoms with E-state index in [1.165, 1.54) is 6.20 Å². The Hall–Kier alpha value is -2.82. The molecule has 0 unspecified atom stereocenters. The van der Waals surface area contributed by atoms with E-state index in [2.05, 4.69) is 15.3 Å². The lowest BCUT2D eigenvalue weighted by Crippen LogP contribution is -2.18. The van der Waals surface area contributed by atoms with Gasteiger partial charge in [0.05, 0.1) is 18.0 Å². The van der Waals surface area contributed by atoms with Gasteiger partial charge in [0.25, 0.3) is 5.91 Å². The predicted molar refractivity (Wildman–Crippen MR) is 73.2 cm³/mol. The summed E-state index contributed by atoms with van der Waals surface area (Å²) in [6, 6.07) is 0. The van der Waals surface area contributed by atoms with Crippen molar-refractivity contribution in [2.75, 3.05) is 0 Å². The minimum absolute atomic E-state index is 0.0706. The van der Waals surface area contributed by atoms with Crippen LogP contribution >= 0.6 is 11.6 Å². The summed E-state index contributed by atoms with van der Waals surface area (Å²) < 4.78 is 14.7. The number of aromatic nitrogens is 4. The van der Waals surface area contributed by atoms with Crippen LogP contribution in [0.3, 0.4) is 0 Å². The summed E-state index contributed by atoms with van der Waals surface area (Å²) in [5.74, 6) is -2.09. The second kappa shape index (κ2) is 6.30. The molecule has 0 aliphatic heterocycles. The van der Waals surface area contributed by atoms with Crippen molar-refractivity contribution < 1.29 is 14.1 Å². The first-order valence-electron chi connectivity index (χ1n) is 5.88. The van der Waals surface area contributed by atoms with Crippen LogP contribution in [0.1, 0.15) is 23.0 Å². The number of carbonyl (C=O) groups is 1. The lowest BCUT2D eigenvalue weighted by Gasteiger charge is -1.96. The van der Waals surface area contributed by atoms with E-state index in [-0.39, 0.29) is 5.56 Å². The number of aryl methyl sites for hydroxylation is 1. The molecule has 2 aromatic heterocycles. The number of H-pyrrole nitrogens is 1. The molecule has 10 nitrogen and oxygen atoms in total. The summed E-state index contributed by atoms with van der Waals surface area (Å²) >= 11 is 5.64. The summed E-state index contributed by atoms with van der Waals surface area (Å²) in [5.41, 5.74) is 1.71. The van der Waals surface area contributed by atoms with Gasteiger partial charge in [0, 0.05) is 6.54 Å². The maximum absolute atomic E-state index is 13.6. The van der Waals surface area contributed by atoms with Crippen LogP contribution in [0.4, 0.5) is 10.2 Å². The van der Waals surface area contributed by atoms with E-state index < -0.39 is 33.3 Å². The Balaban J connectivity index is 2.08. The van der Waals surface area contributed by atoms with Crippen LogP contribution in [0, 0.1) is 16.1 Å². The number of carbonyl (C=O) groups excluding carboxylic acids is 1. The lowest BCUT2D eigenvalue weighted by molar-refractivity contribution is -0.389. The molecule has 22 heavy (non-hydrogen) atoms. The molecule has 0 atom stereocenters. The molecule has 2 rings (SSSR count). The van der Waals surface area contributed by atoms with Gasteiger partial charge >= 0.3 is 5.82 Å². The molecule has 0 saturated carbocycles. The quantitative estimate of drug-likeness (QED) is 0.481. The van der Waals surface area contributed by atoms with E-state index in [9.17, 15) is 19.3 Å². The number of halogens is 2. The Kier molecular flexibility index (Phi) is 4.46. The van der Waals surface area contributed by atoms with Crippen LogP contribution in [0.2, 0.25) is 5.02 Å². The minimum atomic E-state index is -0.881. The Morgan fingerprint density at radius 3 is 3.00 bits per heavy atom. The molecule has 0 aliphatic rings. The van der Waals surface area contributed by atoms with Gasteiger partial charge in [-0.2, -0.15) is 14.6 Å². The standard InChI is InChI=1S/C10H9ClFN7O3/c1-2-18-8(12)5(4-14-18)3-13-17-10(20)7-6(11)9(16-15-7)19(21)22/h3-4H,2H2,1H3,(H,15,16)(H,17,20)/b13-3+. The zero-order valence-corrected chi connectivity index (χ0v) is 11.8. The molecule has 0 fully saturated rings. The van der Waals surface area contributed by atoms with E-state index in [0.717, 1.165) is 10.9 Å². The average Bonchev–Trinajstić information content (AvgIpc) is 3.02. The SMILES string of the molecule is CCn1ncc(/C=N/NC(=O)c2n[nH]c([N+](=O)[O-])c2Cl)c1F. The molecular weight excluding hydrogens is 321 g/mol. The van der Waals surface area contributed by atoms with Gasteiger partial charge in [-0.25, -0.2) is 10.1 Å². The highest BCUT2D eigenvalue weighted by atomic mass is 35.5. The van der Waals surface area contributed by atoms with Crippen molar-refractivity contribution in [2.45, 2.75) is 13.5 Å².